The number of hydrogen-bond donors (Lipinski definition) is 1. The van der Waals surface area contributed by atoms with Crippen molar-refractivity contribution in [1.29, 1.82) is 0 Å². The Labute approximate surface area is 132 Å². The second-order valence-corrected chi connectivity index (χ2v) is 5.05. The van der Waals surface area contributed by atoms with Crippen LogP contribution in [0.25, 0.3) is 11.2 Å². The van der Waals surface area contributed by atoms with Crippen molar-refractivity contribution < 1.29 is 9.13 Å². The molecule has 0 aliphatic carbocycles. The van der Waals surface area contributed by atoms with Crippen molar-refractivity contribution in [2.45, 2.75) is 26.4 Å². The summed E-state index contributed by atoms with van der Waals surface area (Å²) >= 11 is 0. The Morgan fingerprint density at radius 3 is 2.61 bits per heavy atom. The molecule has 7 heteroatoms. The van der Waals surface area contributed by atoms with Crippen LogP contribution in [0.4, 0.5) is 16.0 Å². The maximum atomic E-state index is 13.0. The second kappa shape index (κ2) is 6.51. The molecule has 118 valence electrons. The molecule has 0 amide bonds. The average Bonchev–Trinajstić information content (AvgIpc) is 2.57. The van der Waals surface area contributed by atoms with Crippen LogP contribution in [-0.4, -0.2) is 26.0 Å². The first-order valence-electron chi connectivity index (χ1n) is 7.33. The molecule has 0 aliphatic heterocycles. The Bertz CT molecular complexity index is 809. The first-order valence-corrected chi connectivity index (χ1v) is 7.33. The number of nitrogens with one attached hydrogen (secondary N) is 1. The molecule has 0 radical (unpaired) electrons. The molecule has 0 spiro atoms. The smallest absolute Gasteiger partial charge is 0.247 e. The third kappa shape index (κ3) is 3.50. The number of benzene rings is 1. The fourth-order valence-corrected chi connectivity index (χ4v) is 1.91. The summed E-state index contributed by atoms with van der Waals surface area (Å²) in [5.74, 6) is 0.395. The molecule has 1 N–H and O–H groups in total. The zero-order chi connectivity index (χ0) is 16.2. The molecule has 1 atom stereocenters. The Kier molecular flexibility index (Phi) is 4.27. The molecule has 23 heavy (non-hydrogen) atoms. The maximum absolute atomic E-state index is 13.0. The van der Waals surface area contributed by atoms with Crippen molar-refractivity contribution in [2.24, 2.45) is 0 Å². The fraction of sp³-hybridized carbons (Fsp3) is 0.250. The Hall–Kier alpha value is -2.83. The Morgan fingerprint density at radius 1 is 1.13 bits per heavy atom. The third-order valence-electron chi connectivity index (χ3n) is 3.29. The molecule has 3 rings (SSSR count). The number of hydrogen-bond acceptors (Lipinski definition) is 6. The van der Waals surface area contributed by atoms with Gasteiger partial charge in [0, 0.05) is 18.1 Å². The van der Waals surface area contributed by atoms with Crippen molar-refractivity contribution in [2.75, 3.05) is 5.32 Å². The van der Waals surface area contributed by atoms with Crippen molar-refractivity contribution in [3.8, 4) is 5.88 Å². The number of nitrogens with zero attached hydrogens (tertiary/aromatic N) is 4. The summed E-state index contributed by atoms with van der Waals surface area (Å²) in [5.41, 5.74) is 1.62. The Morgan fingerprint density at radius 2 is 1.87 bits per heavy atom. The zero-order valence-electron chi connectivity index (χ0n) is 12.8. The minimum Gasteiger partial charge on any atom is -0.473 e. The number of anilines is 2. The van der Waals surface area contributed by atoms with Gasteiger partial charge in [-0.05, 0) is 37.6 Å². The summed E-state index contributed by atoms with van der Waals surface area (Å²) in [6, 6.07) is 5.93. The summed E-state index contributed by atoms with van der Waals surface area (Å²) in [4.78, 5) is 17.1. The van der Waals surface area contributed by atoms with Crippen LogP contribution in [0.1, 0.15) is 20.3 Å². The number of fused-ring (bicyclic) bond motifs is 1. The molecule has 0 saturated heterocycles. The standard InChI is InChI=1S/C16H16FN5O/c1-3-10(2)23-15-13-14(19-9-8-18-13)21-16(22-15)20-12-6-4-11(17)5-7-12/h4-10H,3H2,1-2H3,(H,19,20,21,22). The summed E-state index contributed by atoms with van der Waals surface area (Å²) in [7, 11) is 0. The van der Waals surface area contributed by atoms with E-state index in [-0.39, 0.29) is 11.9 Å². The van der Waals surface area contributed by atoms with E-state index in [1.165, 1.54) is 12.1 Å². The van der Waals surface area contributed by atoms with Crippen LogP contribution in [0.2, 0.25) is 0 Å². The average molecular weight is 313 g/mol. The van der Waals surface area contributed by atoms with E-state index < -0.39 is 0 Å². The molecule has 6 nitrogen and oxygen atoms in total. The zero-order valence-corrected chi connectivity index (χ0v) is 12.8. The highest BCUT2D eigenvalue weighted by Gasteiger charge is 2.13. The molecule has 0 saturated carbocycles. The second-order valence-electron chi connectivity index (χ2n) is 5.05. The highest BCUT2D eigenvalue weighted by molar-refractivity contribution is 5.77. The summed E-state index contributed by atoms with van der Waals surface area (Å²) < 4.78 is 18.8. The number of rotatable bonds is 5. The molecule has 0 bridgehead atoms. The van der Waals surface area contributed by atoms with Crippen LogP contribution in [0.5, 0.6) is 5.88 Å². The van der Waals surface area contributed by atoms with E-state index in [1.807, 2.05) is 13.8 Å². The van der Waals surface area contributed by atoms with Crippen LogP contribution >= 0.6 is 0 Å². The SMILES string of the molecule is CCC(C)Oc1nc(Nc2ccc(F)cc2)nc2nccnc12. The Balaban J connectivity index is 1.98. The van der Waals surface area contributed by atoms with Gasteiger partial charge in [-0.3, -0.25) is 0 Å². The summed E-state index contributed by atoms with van der Waals surface area (Å²) in [6.07, 6.45) is 3.97. The van der Waals surface area contributed by atoms with Gasteiger partial charge in [0.1, 0.15) is 5.82 Å². The molecule has 1 unspecified atom stereocenters. The quantitative estimate of drug-likeness (QED) is 0.777. The summed E-state index contributed by atoms with van der Waals surface area (Å²) in [6.45, 7) is 3.98. The molecular formula is C16H16FN5O. The van der Waals surface area contributed by atoms with Crippen molar-refractivity contribution in [3.63, 3.8) is 0 Å². The number of ether oxygens (including phenoxy) is 1. The van der Waals surface area contributed by atoms with E-state index in [0.29, 0.717) is 28.7 Å². The predicted molar refractivity (Wildman–Crippen MR) is 85.2 cm³/mol. The highest BCUT2D eigenvalue weighted by atomic mass is 19.1. The lowest BCUT2D eigenvalue weighted by atomic mass is 10.3. The van der Waals surface area contributed by atoms with Crippen molar-refractivity contribution >= 4 is 22.8 Å². The van der Waals surface area contributed by atoms with E-state index in [1.54, 1.807) is 24.5 Å². The van der Waals surface area contributed by atoms with Crippen LogP contribution in [0.3, 0.4) is 0 Å². The largest absolute Gasteiger partial charge is 0.473 e. The highest BCUT2D eigenvalue weighted by Crippen LogP contribution is 2.23. The molecule has 2 heterocycles. The molecular weight excluding hydrogens is 297 g/mol. The molecule has 0 fully saturated rings. The molecule has 3 aromatic rings. The number of aromatic nitrogens is 4. The van der Waals surface area contributed by atoms with Gasteiger partial charge in [-0.15, -0.1) is 0 Å². The summed E-state index contributed by atoms with van der Waals surface area (Å²) in [5, 5.41) is 3.02. The minimum absolute atomic E-state index is 0.00576. The maximum Gasteiger partial charge on any atom is 0.247 e. The first kappa shape index (κ1) is 15.1. The predicted octanol–water partition coefficient (Wildman–Crippen LogP) is 3.48. The third-order valence-corrected chi connectivity index (χ3v) is 3.29. The van der Waals surface area contributed by atoms with Gasteiger partial charge in [-0.25, -0.2) is 14.4 Å². The van der Waals surface area contributed by atoms with Crippen LogP contribution in [0, 0.1) is 5.82 Å². The lowest BCUT2D eigenvalue weighted by Crippen LogP contribution is -2.12. The van der Waals surface area contributed by atoms with Crippen molar-refractivity contribution in [1.82, 2.24) is 19.9 Å². The molecule has 2 aromatic heterocycles. The number of halogens is 1. The monoisotopic (exact) mass is 313 g/mol. The van der Waals surface area contributed by atoms with Crippen LogP contribution < -0.4 is 10.1 Å². The molecule has 0 aliphatic rings. The topological polar surface area (TPSA) is 72.8 Å². The normalized spacial score (nSPS) is 12.1. The van der Waals surface area contributed by atoms with E-state index in [0.717, 1.165) is 6.42 Å². The van der Waals surface area contributed by atoms with Crippen LogP contribution in [-0.2, 0) is 0 Å². The van der Waals surface area contributed by atoms with Gasteiger partial charge >= 0.3 is 0 Å². The van der Waals surface area contributed by atoms with Gasteiger partial charge in [0.05, 0.1) is 6.10 Å². The van der Waals surface area contributed by atoms with Crippen molar-refractivity contribution in [3.05, 3.63) is 42.5 Å². The van der Waals surface area contributed by atoms with Gasteiger partial charge in [-0.2, -0.15) is 9.97 Å². The lowest BCUT2D eigenvalue weighted by Gasteiger charge is -2.14. The van der Waals surface area contributed by atoms with Gasteiger partial charge < -0.3 is 10.1 Å². The van der Waals surface area contributed by atoms with E-state index in [2.05, 4.69) is 25.3 Å². The van der Waals surface area contributed by atoms with Gasteiger partial charge in [-0.1, -0.05) is 6.92 Å². The van der Waals surface area contributed by atoms with E-state index >= 15 is 0 Å². The lowest BCUT2D eigenvalue weighted by molar-refractivity contribution is 0.211. The van der Waals surface area contributed by atoms with E-state index in [9.17, 15) is 4.39 Å². The van der Waals surface area contributed by atoms with Gasteiger partial charge in [0.2, 0.25) is 11.8 Å². The van der Waals surface area contributed by atoms with Gasteiger partial charge in [0.25, 0.3) is 0 Å². The van der Waals surface area contributed by atoms with Crippen LogP contribution in [0.15, 0.2) is 36.7 Å². The van der Waals surface area contributed by atoms with E-state index in [4.69, 9.17) is 4.74 Å². The minimum atomic E-state index is -0.304. The van der Waals surface area contributed by atoms with Gasteiger partial charge in [0.15, 0.2) is 11.2 Å². The molecule has 1 aromatic carbocycles. The fourth-order valence-electron chi connectivity index (χ4n) is 1.91. The first-order chi connectivity index (χ1) is 11.2.